The first-order valence-corrected chi connectivity index (χ1v) is 9.78. The normalized spacial score (nSPS) is 11.4. The van der Waals surface area contributed by atoms with Crippen molar-refractivity contribution < 1.29 is 17.6 Å². The van der Waals surface area contributed by atoms with Gasteiger partial charge >= 0.3 is 0 Å². The number of thiazole rings is 1. The molecule has 2 heterocycles. The zero-order valence-electron chi connectivity index (χ0n) is 12.5. The summed E-state index contributed by atoms with van der Waals surface area (Å²) in [6, 6.07) is 4.98. The van der Waals surface area contributed by atoms with Crippen LogP contribution in [0.5, 0.6) is 0 Å². The maximum Gasteiger partial charge on any atom is 0.284 e. The number of carbonyl (C=O) groups excluding carboxylic acids is 1. The molecule has 1 aromatic carbocycles. The van der Waals surface area contributed by atoms with Gasteiger partial charge in [-0.2, -0.15) is 0 Å². The van der Waals surface area contributed by atoms with Gasteiger partial charge < -0.3 is 5.32 Å². The van der Waals surface area contributed by atoms with Crippen LogP contribution in [-0.4, -0.2) is 23.3 Å². The maximum absolute atomic E-state index is 13.1. The standard InChI is InChI=1S/C15H11ClFN3O3S2/c16-13-7-11(17)2-1-10(13)9-25(22,23)20-5-3-12(8-20)19-14(21)15-18-4-6-24-15/h1-8H,9H2,(H,19,21). The van der Waals surface area contributed by atoms with Crippen LogP contribution in [0.2, 0.25) is 5.02 Å². The number of hydrogen-bond acceptors (Lipinski definition) is 5. The van der Waals surface area contributed by atoms with Gasteiger partial charge in [0.15, 0.2) is 5.01 Å². The Morgan fingerprint density at radius 1 is 1.36 bits per heavy atom. The summed E-state index contributed by atoms with van der Waals surface area (Å²) in [4.78, 5) is 15.8. The third-order valence-electron chi connectivity index (χ3n) is 3.23. The molecule has 6 nitrogen and oxygen atoms in total. The van der Waals surface area contributed by atoms with Gasteiger partial charge in [-0.25, -0.2) is 17.8 Å². The minimum absolute atomic E-state index is 0.0352. The highest BCUT2D eigenvalue weighted by atomic mass is 35.5. The van der Waals surface area contributed by atoms with Crippen LogP contribution < -0.4 is 5.32 Å². The van der Waals surface area contributed by atoms with E-state index in [9.17, 15) is 17.6 Å². The van der Waals surface area contributed by atoms with Gasteiger partial charge in [0.1, 0.15) is 5.82 Å². The molecule has 1 N–H and O–H groups in total. The minimum atomic E-state index is -3.77. The number of carbonyl (C=O) groups is 1. The highest BCUT2D eigenvalue weighted by Crippen LogP contribution is 2.21. The lowest BCUT2D eigenvalue weighted by molar-refractivity contribution is 0.102. The molecule has 0 spiro atoms. The average Bonchev–Trinajstić information content (AvgIpc) is 3.21. The third kappa shape index (κ3) is 4.06. The van der Waals surface area contributed by atoms with E-state index < -0.39 is 27.5 Å². The Labute approximate surface area is 151 Å². The van der Waals surface area contributed by atoms with E-state index in [0.29, 0.717) is 5.69 Å². The highest BCUT2D eigenvalue weighted by molar-refractivity contribution is 7.89. The molecule has 2 aromatic heterocycles. The second kappa shape index (κ2) is 6.95. The van der Waals surface area contributed by atoms with E-state index in [2.05, 4.69) is 10.3 Å². The first-order valence-electron chi connectivity index (χ1n) is 6.91. The summed E-state index contributed by atoms with van der Waals surface area (Å²) in [7, 11) is -3.77. The van der Waals surface area contributed by atoms with Gasteiger partial charge in [0.25, 0.3) is 5.91 Å². The predicted octanol–water partition coefficient (Wildman–Crippen LogP) is 3.37. The van der Waals surface area contributed by atoms with Crippen molar-refractivity contribution in [2.24, 2.45) is 0 Å². The topological polar surface area (TPSA) is 81.1 Å². The molecule has 0 unspecified atom stereocenters. The van der Waals surface area contributed by atoms with Crippen LogP contribution in [-0.2, 0) is 15.8 Å². The molecular formula is C15H11ClFN3O3S2. The monoisotopic (exact) mass is 399 g/mol. The van der Waals surface area contributed by atoms with Crippen molar-refractivity contribution in [3.8, 4) is 0 Å². The van der Waals surface area contributed by atoms with E-state index in [0.717, 1.165) is 16.1 Å². The van der Waals surface area contributed by atoms with Crippen LogP contribution in [0.15, 0.2) is 48.2 Å². The predicted molar refractivity (Wildman–Crippen MR) is 93.9 cm³/mol. The van der Waals surface area contributed by atoms with Crippen molar-refractivity contribution in [2.45, 2.75) is 5.75 Å². The van der Waals surface area contributed by atoms with Crippen molar-refractivity contribution in [3.05, 3.63) is 69.6 Å². The number of anilines is 1. The zero-order valence-corrected chi connectivity index (χ0v) is 14.9. The molecule has 130 valence electrons. The number of rotatable bonds is 5. The summed E-state index contributed by atoms with van der Waals surface area (Å²) in [5.74, 6) is -1.37. The van der Waals surface area contributed by atoms with E-state index in [4.69, 9.17) is 11.6 Å². The number of aromatic nitrogens is 2. The molecule has 3 aromatic rings. The summed E-state index contributed by atoms with van der Waals surface area (Å²) in [5, 5.41) is 4.54. The summed E-state index contributed by atoms with van der Waals surface area (Å²) in [6.07, 6.45) is 4.09. The summed E-state index contributed by atoms with van der Waals surface area (Å²) in [6.45, 7) is 0. The molecule has 0 bridgehead atoms. The fourth-order valence-electron chi connectivity index (χ4n) is 2.05. The van der Waals surface area contributed by atoms with Crippen LogP contribution in [0.3, 0.4) is 0 Å². The Balaban J connectivity index is 1.77. The molecule has 10 heteroatoms. The van der Waals surface area contributed by atoms with E-state index in [1.54, 1.807) is 5.38 Å². The Morgan fingerprint density at radius 3 is 2.84 bits per heavy atom. The molecule has 0 aliphatic carbocycles. The molecule has 0 aliphatic rings. The second-order valence-corrected chi connectivity index (χ2v) is 8.19. The smallest absolute Gasteiger partial charge is 0.284 e. The maximum atomic E-state index is 13.1. The van der Waals surface area contributed by atoms with E-state index in [-0.39, 0.29) is 15.6 Å². The van der Waals surface area contributed by atoms with Gasteiger partial charge in [0, 0.05) is 29.0 Å². The molecule has 0 atom stereocenters. The lowest BCUT2D eigenvalue weighted by atomic mass is 10.2. The van der Waals surface area contributed by atoms with Crippen LogP contribution in [0.1, 0.15) is 15.4 Å². The van der Waals surface area contributed by atoms with Crippen LogP contribution >= 0.6 is 22.9 Å². The first-order chi connectivity index (χ1) is 11.8. The van der Waals surface area contributed by atoms with Crippen LogP contribution in [0.4, 0.5) is 10.1 Å². The number of nitrogens with one attached hydrogen (secondary N) is 1. The second-order valence-electron chi connectivity index (χ2n) is 5.01. The Bertz CT molecular complexity index is 1020. The molecule has 0 radical (unpaired) electrons. The minimum Gasteiger partial charge on any atom is -0.319 e. The Hall–Kier alpha value is -2.23. The summed E-state index contributed by atoms with van der Waals surface area (Å²) < 4.78 is 38.9. The lowest BCUT2D eigenvalue weighted by Crippen LogP contribution is -2.14. The van der Waals surface area contributed by atoms with E-state index in [1.807, 2.05) is 0 Å². The van der Waals surface area contributed by atoms with Crippen molar-refractivity contribution in [2.75, 3.05) is 5.32 Å². The first kappa shape index (κ1) is 17.6. The Kier molecular flexibility index (Phi) is 4.89. The Morgan fingerprint density at radius 2 is 2.16 bits per heavy atom. The van der Waals surface area contributed by atoms with Gasteiger partial charge in [-0.05, 0) is 23.8 Å². The van der Waals surface area contributed by atoms with E-state index in [1.165, 1.54) is 42.1 Å². The lowest BCUT2D eigenvalue weighted by Gasteiger charge is -2.07. The van der Waals surface area contributed by atoms with E-state index >= 15 is 0 Å². The number of benzene rings is 1. The SMILES string of the molecule is O=C(Nc1ccn(S(=O)(=O)Cc2ccc(F)cc2Cl)c1)c1nccs1. The molecule has 0 saturated heterocycles. The fourth-order valence-corrected chi connectivity index (χ4v) is 4.21. The summed E-state index contributed by atoms with van der Waals surface area (Å²) >= 11 is 7.05. The average molecular weight is 400 g/mol. The fraction of sp³-hybridized carbons (Fsp3) is 0.0667. The molecule has 0 aliphatic heterocycles. The summed E-state index contributed by atoms with van der Waals surface area (Å²) in [5.41, 5.74) is 0.596. The van der Waals surface area contributed by atoms with Crippen molar-refractivity contribution in [3.63, 3.8) is 0 Å². The van der Waals surface area contributed by atoms with Crippen LogP contribution in [0, 0.1) is 5.82 Å². The molecule has 3 rings (SSSR count). The third-order valence-corrected chi connectivity index (χ3v) is 5.90. The molecular weight excluding hydrogens is 389 g/mol. The molecule has 0 saturated carbocycles. The molecule has 1 amide bonds. The zero-order chi connectivity index (χ0) is 18.0. The van der Waals surface area contributed by atoms with Gasteiger partial charge in [0.2, 0.25) is 10.0 Å². The number of amides is 1. The van der Waals surface area contributed by atoms with Crippen molar-refractivity contribution in [1.82, 2.24) is 8.96 Å². The number of halogens is 2. The van der Waals surface area contributed by atoms with Gasteiger partial charge in [0.05, 0.1) is 11.4 Å². The largest absolute Gasteiger partial charge is 0.319 e. The van der Waals surface area contributed by atoms with Gasteiger partial charge in [-0.3, -0.25) is 8.77 Å². The van der Waals surface area contributed by atoms with Crippen molar-refractivity contribution >= 4 is 44.6 Å². The van der Waals surface area contributed by atoms with Gasteiger partial charge in [-0.15, -0.1) is 11.3 Å². The highest BCUT2D eigenvalue weighted by Gasteiger charge is 2.18. The quantitative estimate of drug-likeness (QED) is 0.713. The number of nitrogens with zero attached hydrogens (tertiary/aromatic N) is 2. The van der Waals surface area contributed by atoms with Crippen LogP contribution in [0.25, 0.3) is 0 Å². The molecule has 25 heavy (non-hydrogen) atoms. The number of hydrogen-bond donors (Lipinski definition) is 1. The van der Waals surface area contributed by atoms with Crippen molar-refractivity contribution in [1.29, 1.82) is 0 Å². The molecule has 0 fully saturated rings. The van der Waals surface area contributed by atoms with Gasteiger partial charge in [-0.1, -0.05) is 17.7 Å².